The molecule has 0 saturated carbocycles. The predicted octanol–water partition coefficient (Wildman–Crippen LogP) is 4.19. The van der Waals surface area contributed by atoms with Crippen molar-refractivity contribution in [3.8, 4) is 0 Å². The molecule has 0 aliphatic heterocycles. The van der Waals surface area contributed by atoms with Crippen molar-refractivity contribution in [3.63, 3.8) is 0 Å². The first-order valence-electron chi connectivity index (χ1n) is 9.48. The highest BCUT2D eigenvalue weighted by molar-refractivity contribution is 6.06. The van der Waals surface area contributed by atoms with Gasteiger partial charge in [-0.3, -0.25) is 14.5 Å². The summed E-state index contributed by atoms with van der Waals surface area (Å²) in [6.45, 7) is 4.57. The quantitative estimate of drug-likeness (QED) is 0.623. The van der Waals surface area contributed by atoms with Gasteiger partial charge in [0.25, 0.3) is 5.91 Å². The van der Waals surface area contributed by atoms with Gasteiger partial charge in [0.15, 0.2) is 0 Å². The van der Waals surface area contributed by atoms with Crippen LogP contribution in [0.4, 0.5) is 25.0 Å². The molecule has 3 aromatic rings. The molecule has 31 heavy (non-hydrogen) atoms. The molecule has 0 atom stereocenters. The van der Waals surface area contributed by atoms with Gasteiger partial charge in [0.1, 0.15) is 23.0 Å². The summed E-state index contributed by atoms with van der Waals surface area (Å²) in [6, 6.07) is 9.76. The van der Waals surface area contributed by atoms with Crippen LogP contribution in [0.2, 0.25) is 0 Å². The zero-order chi connectivity index (χ0) is 22.9. The number of nitrogens with zero attached hydrogens (tertiary/aromatic N) is 3. The number of anilines is 2. The van der Waals surface area contributed by atoms with Crippen molar-refractivity contribution in [1.29, 1.82) is 0 Å². The second-order valence-corrected chi connectivity index (χ2v) is 7.16. The number of halogens is 2. The van der Waals surface area contributed by atoms with Crippen molar-refractivity contribution in [1.82, 2.24) is 4.74 Å². The standard InChI is InChI=1S/C22H21F2N3O4/c1-13(2)26(18-11-10-15(23)12-17(18)24)22(30)27-21(29)19(14(3)31-27)20(28)25(4)16-8-6-5-7-9-16/h5-13H,1-4H3. The smallest absolute Gasteiger partial charge is 0.365 e. The number of aryl methyl sites for hydroxylation is 1. The van der Waals surface area contributed by atoms with Gasteiger partial charge in [-0.25, -0.2) is 13.6 Å². The Morgan fingerprint density at radius 1 is 1.06 bits per heavy atom. The summed E-state index contributed by atoms with van der Waals surface area (Å²) >= 11 is 0. The molecule has 1 aromatic heterocycles. The zero-order valence-corrected chi connectivity index (χ0v) is 17.4. The first-order valence-corrected chi connectivity index (χ1v) is 9.48. The first kappa shape index (κ1) is 21.9. The largest absolute Gasteiger partial charge is 0.371 e. The van der Waals surface area contributed by atoms with Crippen LogP contribution in [0.25, 0.3) is 0 Å². The monoisotopic (exact) mass is 429 g/mol. The van der Waals surface area contributed by atoms with Crippen molar-refractivity contribution < 1.29 is 22.9 Å². The Bertz CT molecular complexity index is 1190. The summed E-state index contributed by atoms with van der Waals surface area (Å²) in [5.74, 6) is -2.50. The minimum atomic E-state index is -1.00. The van der Waals surface area contributed by atoms with Crippen molar-refractivity contribution in [2.45, 2.75) is 26.8 Å². The Morgan fingerprint density at radius 2 is 1.71 bits per heavy atom. The van der Waals surface area contributed by atoms with Gasteiger partial charge in [-0.2, -0.15) is 0 Å². The Morgan fingerprint density at radius 3 is 2.29 bits per heavy atom. The summed E-state index contributed by atoms with van der Waals surface area (Å²) in [5, 5.41) is 0. The highest BCUT2D eigenvalue weighted by Crippen LogP contribution is 2.24. The van der Waals surface area contributed by atoms with Crippen LogP contribution >= 0.6 is 0 Å². The van der Waals surface area contributed by atoms with Crippen molar-refractivity contribution in [2.75, 3.05) is 16.8 Å². The second-order valence-electron chi connectivity index (χ2n) is 7.16. The first-order chi connectivity index (χ1) is 14.6. The maximum Gasteiger partial charge on any atom is 0.365 e. The van der Waals surface area contributed by atoms with E-state index in [9.17, 15) is 23.2 Å². The van der Waals surface area contributed by atoms with Gasteiger partial charge in [0.05, 0.1) is 5.69 Å². The van der Waals surface area contributed by atoms with Gasteiger partial charge >= 0.3 is 11.6 Å². The van der Waals surface area contributed by atoms with E-state index in [-0.39, 0.29) is 17.0 Å². The van der Waals surface area contributed by atoms with Crippen LogP contribution in [0.1, 0.15) is 30.0 Å². The molecule has 0 fully saturated rings. The lowest BCUT2D eigenvalue weighted by molar-refractivity contribution is 0.0990. The molecule has 0 aliphatic rings. The number of rotatable bonds is 4. The minimum Gasteiger partial charge on any atom is -0.371 e. The Balaban J connectivity index is 2.02. The van der Waals surface area contributed by atoms with Gasteiger partial charge in [-0.1, -0.05) is 22.9 Å². The van der Waals surface area contributed by atoms with E-state index in [0.29, 0.717) is 16.5 Å². The number of aromatic nitrogens is 1. The van der Waals surface area contributed by atoms with Crippen molar-refractivity contribution >= 4 is 23.3 Å². The summed E-state index contributed by atoms with van der Waals surface area (Å²) < 4.78 is 33.3. The van der Waals surface area contributed by atoms with E-state index in [1.54, 1.807) is 44.2 Å². The summed E-state index contributed by atoms with van der Waals surface area (Å²) in [6.07, 6.45) is 0. The van der Waals surface area contributed by atoms with Crippen LogP contribution in [0.3, 0.4) is 0 Å². The SMILES string of the molecule is Cc1on(C(=O)N(c2ccc(F)cc2F)C(C)C)c(=O)c1C(=O)N(C)c1ccccc1. The normalized spacial score (nSPS) is 10.9. The molecule has 2 aromatic carbocycles. The molecule has 2 amide bonds. The molecule has 0 bridgehead atoms. The number of para-hydroxylation sites is 1. The predicted molar refractivity (Wildman–Crippen MR) is 112 cm³/mol. The third-order valence-corrected chi connectivity index (χ3v) is 4.71. The molecule has 1 heterocycles. The Kier molecular flexibility index (Phi) is 6.05. The molecule has 0 unspecified atom stereocenters. The number of benzene rings is 2. The fourth-order valence-corrected chi connectivity index (χ4v) is 3.16. The average Bonchev–Trinajstić information content (AvgIpc) is 3.03. The van der Waals surface area contributed by atoms with E-state index in [1.807, 2.05) is 0 Å². The highest BCUT2D eigenvalue weighted by Gasteiger charge is 2.31. The third-order valence-electron chi connectivity index (χ3n) is 4.71. The van der Waals surface area contributed by atoms with Gasteiger partial charge in [-0.05, 0) is 45.0 Å². The average molecular weight is 429 g/mol. The van der Waals surface area contributed by atoms with Gasteiger partial charge in [-0.15, -0.1) is 0 Å². The lowest BCUT2D eigenvalue weighted by atomic mass is 10.2. The topological polar surface area (TPSA) is 75.8 Å². The molecule has 0 N–H and O–H groups in total. The number of carbonyl (C=O) groups excluding carboxylic acids is 2. The molecule has 0 spiro atoms. The van der Waals surface area contributed by atoms with E-state index in [1.165, 1.54) is 18.9 Å². The van der Waals surface area contributed by atoms with Gasteiger partial charge in [0, 0.05) is 24.8 Å². The minimum absolute atomic E-state index is 0.0607. The van der Waals surface area contributed by atoms with Crippen LogP contribution in [-0.4, -0.2) is 29.8 Å². The summed E-state index contributed by atoms with van der Waals surface area (Å²) in [4.78, 5) is 41.1. The van der Waals surface area contributed by atoms with E-state index in [0.717, 1.165) is 17.0 Å². The number of hydrogen-bond donors (Lipinski definition) is 0. The van der Waals surface area contributed by atoms with Gasteiger partial charge < -0.3 is 9.42 Å². The molecule has 0 radical (unpaired) electrons. The van der Waals surface area contributed by atoms with Crippen LogP contribution in [0.15, 0.2) is 57.8 Å². The van der Waals surface area contributed by atoms with Crippen molar-refractivity contribution in [2.24, 2.45) is 0 Å². The van der Waals surface area contributed by atoms with Crippen LogP contribution in [-0.2, 0) is 0 Å². The number of carbonyl (C=O) groups is 2. The van der Waals surface area contributed by atoms with Gasteiger partial charge in [0.2, 0.25) is 0 Å². The molecule has 9 heteroatoms. The van der Waals surface area contributed by atoms with E-state index in [2.05, 4.69) is 0 Å². The summed E-state index contributed by atoms with van der Waals surface area (Å²) in [7, 11) is 1.49. The Labute approximate surface area is 177 Å². The maximum absolute atomic E-state index is 14.3. The molecule has 0 saturated heterocycles. The molecule has 7 nitrogen and oxygen atoms in total. The van der Waals surface area contributed by atoms with Crippen LogP contribution in [0.5, 0.6) is 0 Å². The van der Waals surface area contributed by atoms with Crippen LogP contribution in [0, 0.1) is 18.6 Å². The van der Waals surface area contributed by atoms with E-state index >= 15 is 0 Å². The molecular weight excluding hydrogens is 408 g/mol. The third kappa shape index (κ3) is 4.11. The Hall–Kier alpha value is -3.75. The highest BCUT2D eigenvalue weighted by atomic mass is 19.1. The lowest BCUT2D eigenvalue weighted by Gasteiger charge is -2.26. The van der Waals surface area contributed by atoms with Crippen molar-refractivity contribution in [3.05, 3.63) is 81.8 Å². The maximum atomic E-state index is 14.3. The number of hydrogen-bond acceptors (Lipinski definition) is 4. The zero-order valence-electron chi connectivity index (χ0n) is 17.4. The molecular formula is C22H21F2N3O4. The lowest BCUT2D eigenvalue weighted by Crippen LogP contribution is -2.44. The molecule has 3 rings (SSSR count). The fraction of sp³-hybridized carbons (Fsp3) is 0.227. The molecule has 0 aliphatic carbocycles. The summed E-state index contributed by atoms with van der Waals surface area (Å²) in [5.41, 5.74) is -0.967. The number of amides is 2. The molecule has 162 valence electrons. The van der Waals surface area contributed by atoms with E-state index in [4.69, 9.17) is 4.52 Å². The van der Waals surface area contributed by atoms with E-state index < -0.39 is 35.2 Å². The van der Waals surface area contributed by atoms with Crippen LogP contribution < -0.4 is 15.4 Å². The second kappa shape index (κ2) is 8.55. The fourth-order valence-electron chi connectivity index (χ4n) is 3.16.